The van der Waals surface area contributed by atoms with Gasteiger partial charge in [0, 0.05) is 22.1 Å². The smallest absolute Gasteiger partial charge is 0.264 e. The first-order valence-electron chi connectivity index (χ1n) is 12.6. The van der Waals surface area contributed by atoms with Crippen LogP contribution in [-0.2, 0) is 26.2 Å². The molecule has 3 aromatic carbocycles. The lowest BCUT2D eigenvalue weighted by molar-refractivity contribution is -0.139. The summed E-state index contributed by atoms with van der Waals surface area (Å²) < 4.78 is 29.4. The average Bonchev–Trinajstić information content (AvgIpc) is 2.89. The minimum absolute atomic E-state index is 0.0600. The van der Waals surface area contributed by atoms with Gasteiger partial charge >= 0.3 is 0 Å². The van der Waals surface area contributed by atoms with E-state index in [1.807, 2.05) is 20.8 Å². The van der Waals surface area contributed by atoms with Crippen molar-refractivity contribution in [1.29, 1.82) is 0 Å². The second-order valence-corrected chi connectivity index (χ2v) is 12.7. The SMILES string of the molecule is CC[C@H](C)NC(=O)[C@H](C)N(Cc1cccc(Cl)c1)C(=O)CN(c1cccc(Br)c1)S(=O)(=O)c1ccc(C)cc1. The van der Waals surface area contributed by atoms with E-state index in [4.69, 9.17) is 11.6 Å². The summed E-state index contributed by atoms with van der Waals surface area (Å²) in [7, 11) is -4.12. The average molecular weight is 635 g/mol. The van der Waals surface area contributed by atoms with E-state index < -0.39 is 28.5 Å². The zero-order valence-electron chi connectivity index (χ0n) is 22.4. The van der Waals surface area contributed by atoms with Crippen molar-refractivity contribution in [1.82, 2.24) is 10.2 Å². The van der Waals surface area contributed by atoms with Crippen LogP contribution in [-0.4, -0.2) is 43.8 Å². The molecule has 3 aromatic rings. The number of carbonyl (C=O) groups is 2. The fourth-order valence-electron chi connectivity index (χ4n) is 3.88. The van der Waals surface area contributed by atoms with E-state index in [1.165, 1.54) is 17.0 Å². The number of hydrogen-bond acceptors (Lipinski definition) is 4. The number of carbonyl (C=O) groups excluding carboxylic acids is 2. The van der Waals surface area contributed by atoms with Crippen LogP contribution in [0.2, 0.25) is 5.02 Å². The van der Waals surface area contributed by atoms with Crippen molar-refractivity contribution in [3.8, 4) is 0 Å². The molecule has 2 amide bonds. The predicted octanol–water partition coefficient (Wildman–Crippen LogP) is 5.94. The number of benzene rings is 3. The largest absolute Gasteiger partial charge is 0.352 e. The maximum Gasteiger partial charge on any atom is 0.264 e. The molecular weight excluding hydrogens is 602 g/mol. The Morgan fingerprint density at radius 2 is 1.67 bits per heavy atom. The Morgan fingerprint density at radius 1 is 1.00 bits per heavy atom. The number of aryl methyl sites for hydroxylation is 1. The van der Waals surface area contributed by atoms with Crippen molar-refractivity contribution in [2.45, 2.75) is 57.6 Å². The number of halogens is 2. The van der Waals surface area contributed by atoms with E-state index in [-0.39, 0.29) is 23.4 Å². The van der Waals surface area contributed by atoms with Crippen LogP contribution in [0, 0.1) is 6.92 Å². The highest BCUT2D eigenvalue weighted by atomic mass is 79.9. The number of rotatable bonds is 11. The van der Waals surface area contributed by atoms with Crippen molar-refractivity contribution >= 4 is 55.1 Å². The fourth-order valence-corrected chi connectivity index (χ4v) is 5.88. The van der Waals surface area contributed by atoms with Crippen LogP contribution in [0.3, 0.4) is 0 Å². The van der Waals surface area contributed by atoms with E-state index in [2.05, 4.69) is 21.2 Å². The molecule has 3 rings (SSSR count). The van der Waals surface area contributed by atoms with Crippen molar-refractivity contribution < 1.29 is 18.0 Å². The molecule has 0 aliphatic rings. The number of sulfonamides is 1. The third-order valence-electron chi connectivity index (χ3n) is 6.39. The van der Waals surface area contributed by atoms with Crippen molar-refractivity contribution in [3.05, 3.63) is 93.4 Å². The molecule has 0 radical (unpaired) electrons. The molecule has 10 heteroatoms. The van der Waals surface area contributed by atoms with Gasteiger partial charge in [0.25, 0.3) is 10.0 Å². The first-order valence-corrected chi connectivity index (χ1v) is 15.2. The molecule has 0 aliphatic carbocycles. The molecule has 0 fully saturated rings. The minimum Gasteiger partial charge on any atom is -0.352 e. The topological polar surface area (TPSA) is 86.8 Å². The molecule has 0 heterocycles. The predicted molar refractivity (Wildman–Crippen MR) is 159 cm³/mol. The van der Waals surface area contributed by atoms with Crippen LogP contribution in [0.1, 0.15) is 38.3 Å². The van der Waals surface area contributed by atoms with Crippen molar-refractivity contribution in [3.63, 3.8) is 0 Å². The van der Waals surface area contributed by atoms with E-state index in [0.717, 1.165) is 21.9 Å². The standard InChI is InChI=1S/C29H33BrClN3O4S/c1-5-21(3)32-29(36)22(4)33(18-23-8-6-10-25(31)16-23)28(35)19-34(26-11-7-9-24(30)17-26)39(37,38)27-14-12-20(2)13-15-27/h6-17,21-22H,5,18-19H2,1-4H3,(H,32,36)/t21-,22-/m0/s1. The van der Waals surface area contributed by atoms with Crippen molar-refractivity contribution in [2.24, 2.45) is 0 Å². The number of anilines is 1. The Labute approximate surface area is 244 Å². The summed E-state index contributed by atoms with van der Waals surface area (Å²) in [4.78, 5) is 28.5. The summed E-state index contributed by atoms with van der Waals surface area (Å²) in [5.74, 6) is -0.854. The summed E-state index contributed by atoms with van der Waals surface area (Å²) in [5.41, 5.74) is 1.94. The summed E-state index contributed by atoms with van der Waals surface area (Å²) in [6.45, 7) is 6.91. The quantitative estimate of drug-likeness (QED) is 0.283. The van der Waals surface area contributed by atoms with E-state index in [0.29, 0.717) is 15.2 Å². The van der Waals surface area contributed by atoms with Gasteiger partial charge < -0.3 is 10.2 Å². The third-order valence-corrected chi connectivity index (χ3v) is 8.91. The molecule has 39 heavy (non-hydrogen) atoms. The van der Waals surface area contributed by atoms with Gasteiger partial charge in [0.15, 0.2) is 0 Å². The highest BCUT2D eigenvalue weighted by molar-refractivity contribution is 9.10. The number of hydrogen-bond donors (Lipinski definition) is 1. The molecule has 0 bridgehead atoms. The Hall–Kier alpha value is -2.88. The normalized spacial score (nSPS) is 12.9. The van der Waals surface area contributed by atoms with Gasteiger partial charge in [-0.05, 0) is 75.2 Å². The number of amides is 2. The van der Waals surface area contributed by atoms with Gasteiger partial charge in [0.2, 0.25) is 11.8 Å². The Balaban J connectivity index is 2.03. The molecule has 0 aliphatic heterocycles. The monoisotopic (exact) mass is 633 g/mol. The minimum atomic E-state index is -4.12. The van der Waals surface area contributed by atoms with Crippen LogP contribution < -0.4 is 9.62 Å². The molecule has 0 spiro atoms. The van der Waals surface area contributed by atoms with Crippen LogP contribution in [0.4, 0.5) is 5.69 Å². The Kier molecular flexibility index (Phi) is 10.6. The van der Waals surface area contributed by atoms with Gasteiger partial charge in [-0.2, -0.15) is 0 Å². The lowest BCUT2D eigenvalue weighted by Gasteiger charge is -2.32. The molecule has 1 N–H and O–H groups in total. The van der Waals surface area contributed by atoms with Crippen LogP contribution in [0.25, 0.3) is 0 Å². The highest BCUT2D eigenvalue weighted by Gasteiger charge is 2.32. The molecule has 0 saturated carbocycles. The molecule has 208 valence electrons. The third kappa shape index (κ3) is 8.06. The second kappa shape index (κ2) is 13.5. The molecular formula is C29H33BrClN3O4S. The molecule has 2 atom stereocenters. The lowest BCUT2D eigenvalue weighted by atomic mass is 10.1. The van der Waals surface area contributed by atoms with Gasteiger partial charge in [0.05, 0.1) is 10.6 Å². The second-order valence-electron chi connectivity index (χ2n) is 9.45. The Bertz CT molecular complexity index is 1420. The highest BCUT2D eigenvalue weighted by Crippen LogP contribution is 2.27. The van der Waals surface area contributed by atoms with E-state index in [9.17, 15) is 18.0 Å². The lowest BCUT2D eigenvalue weighted by Crippen LogP contribution is -2.52. The van der Waals surface area contributed by atoms with Gasteiger partial charge in [0.1, 0.15) is 12.6 Å². The number of nitrogens with one attached hydrogen (secondary N) is 1. The first kappa shape index (κ1) is 30.7. The van der Waals surface area contributed by atoms with Gasteiger partial charge in [-0.3, -0.25) is 13.9 Å². The zero-order chi connectivity index (χ0) is 28.7. The van der Waals surface area contributed by atoms with Crippen LogP contribution in [0.15, 0.2) is 82.2 Å². The summed E-state index contributed by atoms with van der Waals surface area (Å²) in [5, 5.41) is 3.41. The molecule has 0 aromatic heterocycles. The van der Waals surface area contributed by atoms with Gasteiger partial charge in [-0.1, -0.05) is 70.3 Å². The number of nitrogens with zero attached hydrogens (tertiary/aromatic N) is 2. The van der Waals surface area contributed by atoms with Gasteiger partial charge in [-0.15, -0.1) is 0 Å². The van der Waals surface area contributed by atoms with Gasteiger partial charge in [-0.25, -0.2) is 8.42 Å². The van der Waals surface area contributed by atoms with E-state index >= 15 is 0 Å². The fraction of sp³-hybridized carbons (Fsp3) is 0.310. The van der Waals surface area contributed by atoms with Crippen molar-refractivity contribution in [2.75, 3.05) is 10.8 Å². The first-order chi connectivity index (χ1) is 18.4. The zero-order valence-corrected chi connectivity index (χ0v) is 25.6. The molecule has 7 nitrogen and oxygen atoms in total. The maximum absolute atomic E-state index is 13.9. The van der Waals surface area contributed by atoms with Crippen LogP contribution in [0.5, 0.6) is 0 Å². The van der Waals surface area contributed by atoms with E-state index in [1.54, 1.807) is 67.6 Å². The molecule has 0 saturated heterocycles. The summed E-state index contributed by atoms with van der Waals surface area (Å²) >= 11 is 9.58. The maximum atomic E-state index is 13.9. The summed E-state index contributed by atoms with van der Waals surface area (Å²) in [6, 6.07) is 19.3. The molecule has 0 unspecified atom stereocenters. The summed E-state index contributed by atoms with van der Waals surface area (Å²) in [6.07, 6.45) is 0.728. The Morgan fingerprint density at radius 3 is 2.28 bits per heavy atom. The van der Waals surface area contributed by atoms with Crippen LogP contribution >= 0.6 is 27.5 Å².